The summed E-state index contributed by atoms with van der Waals surface area (Å²) in [6.45, 7) is 46.8. The van der Waals surface area contributed by atoms with Gasteiger partial charge in [0.25, 0.3) is 0 Å². The van der Waals surface area contributed by atoms with Crippen molar-refractivity contribution in [3.63, 3.8) is 0 Å². The van der Waals surface area contributed by atoms with Gasteiger partial charge in [0, 0.05) is 110 Å². The first-order chi connectivity index (χ1) is 38.6. The Hall–Kier alpha value is -4.10. The predicted octanol–water partition coefficient (Wildman–Crippen LogP) is 12.9. The molecule has 7 aliphatic rings. The molecule has 0 N–H and O–H groups in total. The fourth-order valence-electron chi connectivity index (χ4n) is 16.6. The molecule has 2 aromatic heterocycles. The minimum atomic E-state index is -0.00684. The zero-order valence-corrected chi connectivity index (χ0v) is 51.2. The molecular formula is C70H106N8O2+2. The molecule has 7 aliphatic heterocycles. The average Bonchev–Trinajstić information content (AvgIpc) is 3.50. The summed E-state index contributed by atoms with van der Waals surface area (Å²) < 4.78 is 16.1. The van der Waals surface area contributed by atoms with Gasteiger partial charge in [0.1, 0.15) is 24.3 Å². The molecule has 0 radical (unpaired) electrons. The van der Waals surface area contributed by atoms with Gasteiger partial charge >= 0.3 is 0 Å². The first kappa shape index (κ1) is 60.5. The largest absolute Gasteiger partial charge is 0.363 e. The second kappa shape index (κ2) is 26.6. The van der Waals surface area contributed by atoms with Crippen molar-refractivity contribution in [2.24, 2.45) is 23.7 Å². The minimum Gasteiger partial charge on any atom is -0.363 e. The molecule has 0 amide bonds. The summed E-state index contributed by atoms with van der Waals surface area (Å²) in [7, 11) is 4.80. The van der Waals surface area contributed by atoms with Gasteiger partial charge in [-0.1, -0.05) is 60.7 Å². The number of aromatic nitrogens is 2. The van der Waals surface area contributed by atoms with E-state index in [1.165, 1.54) is 113 Å². The number of hydrogen-bond donors (Lipinski definition) is 0. The van der Waals surface area contributed by atoms with E-state index >= 15 is 0 Å². The van der Waals surface area contributed by atoms with Crippen molar-refractivity contribution in [2.45, 2.75) is 153 Å². The number of pyridine rings is 2. The number of ether oxygens (including phenoxy) is 2. The molecule has 4 aromatic rings. The highest BCUT2D eigenvalue weighted by atomic mass is 16.5. The Kier molecular flexibility index (Phi) is 20.1. The van der Waals surface area contributed by atoms with Crippen LogP contribution in [0.25, 0.3) is 21.8 Å². The van der Waals surface area contributed by atoms with Crippen LogP contribution in [0.1, 0.15) is 129 Å². The predicted molar refractivity (Wildman–Crippen MR) is 335 cm³/mol. The third-order valence-corrected chi connectivity index (χ3v) is 21.8. The number of quaternary nitrogens is 2. The number of hydrogen-bond acceptors (Lipinski definition) is 8. The lowest BCUT2D eigenvalue weighted by Gasteiger charge is -2.58. The summed E-state index contributed by atoms with van der Waals surface area (Å²) in [5.41, 5.74) is 4.77. The van der Waals surface area contributed by atoms with Gasteiger partial charge in [-0.25, -0.2) is 0 Å². The first-order valence-corrected chi connectivity index (χ1v) is 31.6. The summed E-state index contributed by atoms with van der Waals surface area (Å²) in [5.74, 6) is 2.46. The van der Waals surface area contributed by atoms with E-state index in [1.807, 2.05) is 24.5 Å². The maximum absolute atomic E-state index is 6.92. The number of benzene rings is 2. The first-order valence-electron chi connectivity index (χ1n) is 31.6. The summed E-state index contributed by atoms with van der Waals surface area (Å²) in [6, 6.07) is 23.4. The maximum atomic E-state index is 6.92. The topological polar surface area (TPSA) is 57.2 Å². The van der Waals surface area contributed by atoms with Crippen molar-refractivity contribution in [1.82, 2.24) is 29.6 Å². The average molecular weight is 1090 g/mol. The Morgan fingerprint density at radius 3 is 1.40 bits per heavy atom. The van der Waals surface area contributed by atoms with Crippen LogP contribution in [0.5, 0.6) is 0 Å². The smallest absolute Gasteiger partial charge is 0.135 e. The van der Waals surface area contributed by atoms with Crippen molar-refractivity contribution in [3.8, 4) is 0 Å². The van der Waals surface area contributed by atoms with Crippen LogP contribution in [-0.2, 0) is 9.47 Å². The number of para-hydroxylation sites is 2. The van der Waals surface area contributed by atoms with E-state index < -0.39 is 0 Å². The van der Waals surface area contributed by atoms with Crippen LogP contribution in [0.15, 0.2) is 124 Å². The van der Waals surface area contributed by atoms with Crippen LogP contribution in [0.4, 0.5) is 0 Å². The maximum Gasteiger partial charge on any atom is 0.135 e. The Labute approximate surface area is 485 Å². The molecule has 10 nitrogen and oxygen atoms in total. The van der Waals surface area contributed by atoms with Gasteiger partial charge in [0.2, 0.25) is 0 Å². The number of likely N-dealkylation sites (N-methyl/N-ethyl adjacent to an activating group) is 2. The van der Waals surface area contributed by atoms with Crippen LogP contribution in [-0.4, -0.2) is 180 Å². The van der Waals surface area contributed by atoms with E-state index in [0.29, 0.717) is 61.1 Å². The summed E-state index contributed by atoms with van der Waals surface area (Å²) >= 11 is 0. The van der Waals surface area contributed by atoms with Gasteiger partial charge in [-0.2, -0.15) is 0 Å². The van der Waals surface area contributed by atoms with Crippen LogP contribution < -0.4 is 0 Å². The van der Waals surface area contributed by atoms with Gasteiger partial charge < -0.3 is 18.4 Å². The van der Waals surface area contributed by atoms with E-state index in [2.05, 4.69) is 174 Å². The Balaban J connectivity index is 0.856. The van der Waals surface area contributed by atoms with Crippen LogP contribution in [0.2, 0.25) is 0 Å². The molecule has 12 atom stereocenters. The minimum absolute atomic E-state index is 0.00684. The fraction of sp³-hybridized carbons (Fsp3) is 0.629. The molecule has 2 aromatic carbocycles. The Morgan fingerprint density at radius 2 is 1.00 bits per heavy atom. The number of nitrogens with zero attached hydrogens (tertiary/aromatic N) is 8. The molecule has 10 heteroatoms. The molecule has 7 fully saturated rings. The van der Waals surface area contributed by atoms with E-state index in [-0.39, 0.29) is 23.3 Å². The number of piperidine rings is 6. The molecule has 7 saturated heterocycles. The molecule has 0 saturated carbocycles. The summed E-state index contributed by atoms with van der Waals surface area (Å²) in [4.78, 5) is 20.6. The van der Waals surface area contributed by atoms with Gasteiger partial charge in [-0.05, 0) is 154 Å². The zero-order chi connectivity index (χ0) is 56.7. The standard InChI is InChI=1S/C70H106N8O2/c1-13-45-79-67(61-29-33-71-63-27-19-17-25-59(61)63)65-47-57-31-43-77(65,51-55(57)15-3)41-23-21-35-75-39-37-73(11)70(9,10)50-54(6)76(40-38-74(12)69(7,8)49-53(75)5)36-22-24-42-78-44-32-58(56(16-4)52-78)48-66(78)68(80-46-14-2)62-30-34-72-64-28-20-18-26-60(62)64/h13-20,25-30,33-34,53-58,65-68H,1-4,21-24,31-32,35-52H2,5-12H3/q+2/t53?,54?,55-,56-,57+,58+,65+,66+,67-,68-,77+,78+/m1/s1. The van der Waals surface area contributed by atoms with E-state index in [0.717, 1.165) is 72.1 Å². The molecule has 436 valence electrons. The van der Waals surface area contributed by atoms with Gasteiger partial charge in [0.05, 0.1) is 63.5 Å². The fourth-order valence-corrected chi connectivity index (χ4v) is 16.6. The number of rotatable bonds is 22. The molecule has 2 unspecified atom stereocenters. The van der Waals surface area contributed by atoms with E-state index in [9.17, 15) is 0 Å². The lowest BCUT2D eigenvalue weighted by Crippen LogP contribution is -2.68. The van der Waals surface area contributed by atoms with Gasteiger partial charge in [0.15, 0.2) is 0 Å². The highest BCUT2D eigenvalue weighted by Crippen LogP contribution is 2.50. The summed E-state index contributed by atoms with van der Waals surface area (Å²) in [5, 5.41) is 2.43. The van der Waals surface area contributed by atoms with Crippen molar-refractivity contribution >= 4 is 21.8 Å². The normalized spacial score (nSPS) is 31.6. The molecule has 0 spiro atoms. The van der Waals surface area contributed by atoms with Crippen molar-refractivity contribution < 1.29 is 18.4 Å². The van der Waals surface area contributed by atoms with Gasteiger partial charge in [-0.3, -0.25) is 29.6 Å². The van der Waals surface area contributed by atoms with Gasteiger partial charge in [-0.15, -0.1) is 26.3 Å². The van der Waals surface area contributed by atoms with Crippen molar-refractivity contribution in [2.75, 3.05) is 106 Å². The molecule has 80 heavy (non-hydrogen) atoms. The molecule has 4 bridgehead atoms. The molecular weight excluding hydrogens is 985 g/mol. The van der Waals surface area contributed by atoms with Crippen molar-refractivity contribution in [3.05, 3.63) is 135 Å². The number of fused-ring (bicyclic) bond motifs is 8. The van der Waals surface area contributed by atoms with E-state index in [1.54, 1.807) is 0 Å². The quantitative estimate of drug-likeness (QED) is 0.0438. The SMILES string of the molecule is C=CCO[C@H](c1ccnc2ccccc12)[C@@H]1C[C@@H]2CC[N@@+]1(CCCCN1CCN(C)C(C)(C)CC(C)N(CCCC[N@@+]34CC[C@@H](C[C@H]3[C@H](OCC=C)c3ccnc5ccccc35)[C@H](C=C)C4)CCN(C)C(C)(C)CC1C)C[C@H]2C=C. The molecule has 9 heterocycles. The Bertz CT molecular complexity index is 2500. The highest BCUT2D eigenvalue weighted by Gasteiger charge is 2.56. The molecule has 0 aliphatic carbocycles. The molecule has 11 rings (SSSR count). The highest BCUT2D eigenvalue weighted by molar-refractivity contribution is 5.83. The van der Waals surface area contributed by atoms with Crippen LogP contribution >= 0.6 is 0 Å². The zero-order valence-electron chi connectivity index (χ0n) is 51.2. The third-order valence-electron chi connectivity index (χ3n) is 21.8. The van der Waals surface area contributed by atoms with Crippen LogP contribution in [0, 0.1) is 23.7 Å². The van der Waals surface area contributed by atoms with Crippen molar-refractivity contribution in [1.29, 1.82) is 0 Å². The third kappa shape index (κ3) is 13.3. The lowest BCUT2D eigenvalue weighted by molar-refractivity contribution is -0.973. The monoisotopic (exact) mass is 1090 g/mol. The van der Waals surface area contributed by atoms with Crippen LogP contribution in [0.3, 0.4) is 0 Å². The summed E-state index contributed by atoms with van der Waals surface area (Å²) in [6.07, 6.45) is 24.4. The second-order valence-electron chi connectivity index (χ2n) is 27.2. The lowest BCUT2D eigenvalue weighted by atomic mass is 9.71. The second-order valence-corrected chi connectivity index (χ2v) is 27.2. The number of unbranched alkanes of at least 4 members (excludes halogenated alkanes) is 2. The Morgan fingerprint density at radius 1 is 0.588 bits per heavy atom. The van der Waals surface area contributed by atoms with E-state index in [4.69, 9.17) is 19.4 Å².